The molecule has 0 radical (unpaired) electrons. The van der Waals surface area contributed by atoms with E-state index in [4.69, 9.17) is 9.47 Å². The number of nitrogens with one attached hydrogen (secondary N) is 2. The van der Waals surface area contributed by atoms with Gasteiger partial charge in [0.2, 0.25) is 0 Å². The van der Waals surface area contributed by atoms with Crippen LogP contribution in [0.3, 0.4) is 0 Å². The smallest absolute Gasteiger partial charge is 0.321 e. The highest BCUT2D eigenvalue weighted by atomic mass is 16.5. The van der Waals surface area contributed by atoms with Crippen LogP contribution in [-0.2, 0) is 0 Å². The molecule has 0 atom stereocenters. The number of urea groups is 1. The molecule has 110 valence electrons. The van der Waals surface area contributed by atoms with E-state index in [-0.39, 0.29) is 6.03 Å². The molecule has 20 heavy (non-hydrogen) atoms. The van der Waals surface area contributed by atoms with Crippen LogP contribution in [0.15, 0.2) is 12.1 Å². The Bertz CT molecular complexity index is 485. The van der Waals surface area contributed by atoms with Crippen LogP contribution in [-0.4, -0.2) is 51.3 Å². The van der Waals surface area contributed by atoms with Crippen molar-refractivity contribution >= 4 is 11.7 Å². The summed E-state index contributed by atoms with van der Waals surface area (Å²) in [5, 5.41) is 6.15. The molecule has 0 bridgehead atoms. The van der Waals surface area contributed by atoms with Gasteiger partial charge >= 0.3 is 6.03 Å². The minimum absolute atomic E-state index is 0.0816. The molecule has 0 spiro atoms. The molecule has 0 aliphatic carbocycles. The third-order valence-electron chi connectivity index (χ3n) is 3.38. The second-order valence-electron chi connectivity index (χ2n) is 4.69. The van der Waals surface area contributed by atoms with Gasteiger partial charge in [0.25, 0.3) is 0 Å². The highest BCUT2D eigenvalue weighted by Gasteiger charge is 2.17. The first-order chi connectivity index (χ1) is 9.65. The molecule has 0 unspecified atom stereocenters. The molecule has 1 aliphatic heterocycles. The number of ether oxygens (including phenoxy) is 2. The summed E-state index contributed by atoms with van der Waals surface area (Å²) in [6.45, 7) is 5.03. The standard InChI is InChI=1S/C14H21N3O3/c1-10-8-12(19-2)13(20-3)9-11(10)16-14(18)17-6-4-15-5-7-17/h8-9,15H,4-7H2,1-3H3,(H,16,18). The predicted molar refractivity (Wildman–Crippen MR) is 77.7 cm³/mol. The van der Waals surface area contributed by atoms with Crippen LogP contribution < -0.4 is 20.1 Å². The van der Waals surface area contributed by atoms with Crippen LogP contribution in [0, 0.1) is 6.92 Å². The zero-order chi connectivity index (χ0) is 14.5. The van der Waals surface area contributed by atoms with Crippen molar-refractivity contribution in [3.8, 4) is 11.5 Å². The van der Waals surface area contributed by atoms with Gasteiger partial charge in [0.15, 0.2) is 11.5 Å². The fourth-order valence-electron chi connectivity index (χ4n) is 2.18. The Morgan fingerprint density at radius 3 is 2.40 bits per heavy atom. The largest absolute Gasteiger partial charge is 0.493 e. The van der Waals surface area contributed by atoms with Gasteiger partial charge in [-0.2, -0.15) is 0 Å². The van der Waals surface area contributed by atoms with Crippen LogP contribution in [0.25, 0.3) is 0 Å². The maximum Gasteiger partial charge on any atom is 0.321 e. The van der Waals surface area contributed by atoms with Gasteiger partial charge in [0, 0.05) is 37.9 Å². The number of amides is 2. The number of nitrogens with zero attached hydrogens (tertiary/aromatic N) is 1. The molecule has 2 rings (SSSR count). The molecular weight excluding hydrogens is 258 g/mol. The zero-order valence-corrected chi connectivity index (χ0v) is 12.2. The number of anilines is 1. The Morgan fingerprint density at radius 1 is 1.20 bits per heavy atom. The molecule has 1 saturated heterocycles. The van der Waals surface area contributed by atoms with Crippen molar-refractivity contribution in [2.45, 2.75) is 6.92 Å². The van der Waals surface area contributed by atoms with E-state index in [1.165, 1.54) is 0 Å². The molecule has 2 N–H and O–H groups in total. The number of aryl methyl sites for hydroxylation is 1. The van der Waals surface area contributed by atoms with Crippen LogP contribution in [0.2, 0.25) is 0 Å². The summed E-state index contributed by atoms with van der Waals surface area (Å²) < 4.78 is 10.5. The van der Waals surface area contributed by atoms with Crippen molar-refractivity contribution in [1.82, 2.24) is 10.2 Å². The summed E-state index contributed by atoms with van der Waals surface area (Å²) in [6.07, 6.45) is 0. The van der Waals surface area contributed by atoms with Gasteiger partial charge in [0.05, 0.1) is 14.2 Å². The Balaban J connectivity index is 2.13. The van der Waals surface area contributed by atoms with Crippen LogP contribution >= 0.6 is 0 Å². The number of piperazine rings is 1. The first kappa shape index (κ1) is 14.5. The second-order valence-corrected chi connectivity index (χ2v) is 4.69. The lowest BCUT2D eigenvalue weighted by molar-refractivity contribution is 0.204. The number of carbonyl (C=O) groups is 1. The fourth-order valence-corrected chi connectivity index (χ4v) is 2.18. The van der Waals surface area contributed by atoms with Gasteiger partial charge in [-0.15, -0.1) is 0 Å². The normalized spacial score (nSPS) is 14.8. The van der Waals surface area contributed by atoms with Crippen molar-refractivity contribution in [2.75, 3.05) is 45.7 Å². The molecule has 1 aromatic carbocycles. The summed E-state index contributed by atoms with van der Waals surface area (Å²) in [4.78, 5) is 14.0. The van der Waals surface area contributed by atoms with Crippen LogP contribution in [0.4, 0.5) is 10.5 Å². The third kappa shape index (κ3) is 3.14. The highest BCUT2D eigenvalue weighted by Crippen LogP contribution is 2.32. The van der Waals surface area contributed by atoms with Crippen molar-refractivity contribution in [1.29, 1.82) is 0 Å². The first-order valence-corrected chi connectivity index (χ1v) is 6.65. The van der Waals surface area contributed by atoms with E-state index in [9.17, 15) is 4.79 Å². The predicted octanol–water partition coefficient (Wildman–Crippen LogP) is 1.45. The third-order valence-corrected chi connectivity index (χ3v) is 3.38. The molecule has 1 aliphatic rings. The summed E-state index contributed by atoms with van der Waals surface area (Å²) in [7, 11) is 3.17. The summed E-state index contributed by atoms with van der Waals surface area (Å²) in [5.74, 6) is 1.26. The van der Waals surface area contributed by atoms with Gasteiger partial charge in [-0.1, -0.05) is 0 Å². The van der Waals surface area contributed by atoms with E-state index in [0.29, 0.717) is 11.5 Å². The van der Waals surface area contributed by atoms with E-state index in [1.54, 1.807) is 25.2 Å². The molecule has 1 heterocycles. The number of rotatable bonds is 3. The lowest BCUT2D eigenvalue weighted by Crippen LogP contribution is -2.48. The molecule has 0 saturated carbocycles. The Labute approximate surface area is 119 Å². The molecule has 2 amide bonds. The minimum Gasteiger partial charge on any atom is -0.493 e. The van der Waals surface area contributed by atoms with E-state index in [1.807, 2.05) is 13.0 Å². The lowest BCUT2D eigenvalue weighted by Gasteiger charge is -2.28. The molecule has 1 aromatic rings. The van der Waals surface area contributed by atoms with Crippen molar-refractivity contribution in [2.24, 2.45) is 0 Å². The van der Waals surface area contributed by atoms with Gasteiger partial charge in [0.1, 0.15) is 0 Å². The molecule has 6 nitrogen and oxygen atoms in total. The first-order valence-electron chi connectivity index (χ1n) is 6.65. The highest BCUT2D eigenvalue weighted by molar-refractivity contribution is 5.90. The summed E-state index contributed by atoms with van der Waals surface area (Å²) >= 11 is 0. The maximum atomic E-state index is 12.2. The van der Waals surface area contributed by atoms with Crippen molar-refractivity contribution in [3.63, 3.8) is 0 Å². The second kappa shape index (κ2) is 6.47. The Kier molecular flexibility index (Phi) is 4.68. The fraction of sp³-hybridized carbons (Fsp3) is 0.500. The van der Waals surface area contributed by atoms with Crippen molar-refractivity contribution in [3.05, 3.63) is 17.7 Å². The maximum absolute atomic E-state index is 12.2. The van der Waals surface area contributed by atoms with E-state index in [0.717, 1.165) is 37.4 Å². The molecular formula is C14H21N3O3. The summed E-state index contributed by atoms with van der Waals surface area (Å²) in [6, 6.07) is 3.56. The van der Waals surface area contributed by atoms with E-state index >= 15 is 0 Å². The zero-order valence-electron chi connectivity index (χ0n) is 12.2. The number of hydrogen-bond acceptors (Lipinski definition) is 4. The van der Waals surface area contributed by atoms with Crippen LogP contribution in [0.5, 0.6) is 11.5 Å². The monoisotopic (exact) mass is 279 g/mol. The Hall–Kier alpha value is -1.95. The average Bonchev–Trinajstić information content (AvgIpc) is 2.49. The van der Waals surface area contributed by atoms with Gasteiger partial charge in [-0.05, 0) is 18.6 Å². The SMILES string of the molecule is COc1cc(C)c(NC(=O)N2CCNCC2)cc1OC. The van der Waals surface area contributed by atoms with E-state index in [2.05, 4.69) is 10.6 Å². The summed E-state index contributed by atoms with van der Waals surface area (Å²) in [5.41, 5.74) is 1.68. The minimum atomic E-state index is -0.0816. The van der Waals surface area contributed by atoms with Crippen LogP contribution in [0.1, 0.15) is 5.56 Å². The van der Waals surface area contributed by atoms with Gasteiger partial charge in [-0.3, -0.25) is 0 Å². The average molecular weight is 279 g/mol. The van der Waals surface area contributed by atoms with Crippen molar-refractivity contribution < 1.29 is 14.3 Å². The number of hydrogen-bond donors (Lipinski definition) is 2. The quantitative estimate of drug-likeness (QED) is 0.879. The van der Waals surface area contributed by atoms with E-state index < -0.39 is 0 Å². The molecule has 0 aromatic heterocycles. The number of carbonyl (C=O) groups excluding carboxylic acids is 1. The lowest BCUT2D eigenvalue weighted by atomic mass is 10.1. The molecule has 1 fully saturated rings. The Morgan fingerprint density at radius 2 is 1.80 bits per heavy atom. The topological polar surface area (TPSA) is 62.8 Å². The molecule has 6 heteroatoms. The number of methoxy groups -OCH3 is 2. The van der Waals surface area contributed by atoms with Gasteiger partial charge < -0.3 is 25.0 Å². The number of benzene rings is 1. The van der Waals surface area contributed by atoms with Gasteiger partial charge in [-0.25, -0.2) is 4.79 Å².